The highest BCUT2D eigenvalue weighted by Gasteiger charge is 2.60. The van der Waals surface area contributed by atoms with E-state index in [1.165, 1.54) is 17.3 Å². The number of aromatic nitrogens is 2. The van der Waals surface area contributed by atoms with Gasteiger partial charge in [0.2, 0.25) is 0 Å². The van der Waals surface area contributed by atoms with Gasteiger partial charge in [-0.2, -0.15) is 5.06 Å². The fraction of sp³-hybridized carbons (Fsp3) is 0.636. The Labute approximate surface area is 112 Å². The molecule has 0 aromatic carbocycles. The fourth-order valence-electron chi connectivity index (χ4n) is 2.72. The maximum Gasteiger partial charge on any atom is 0.330 e. The average molecular weight is 285 g/mol. The van der Waals surface area contributed by atoms with Crippen LogP contribution in [0.4, 0.5) is 0 Å². The summed E-state index contributed by atoms with van der Waals surface area (Å²) in [7, 11) is 1.64. The van der Waals surface area contributed by atoms with Gasteiger partial charge in [0, 0.05) is 19.3 Å². The normalized spacial score (nSPS) is 37.2. The Balaban J connectivity index is 2.04. The molecule has 3 heterocycles. The van der Waals surface area contributed by atoms with Gasteiger partial charge in [-0.05, 0) is 0 Å². The monoisotopic (exact) mass is 285 g/mol. The van der Waals surface area contributed by atoms with Gasteiger partial charge >= 0.3 is 5.69 Å². The van der Waals surface area contributed by atoms with Crippen LogP contribution in [-0.2, 0) is 9.57 Å². The standard InChI is InChI=1S/C11H15N3O6/c1-13-4-11(5-15)8(17)7(20-13)9(19-11)14-3-2-6(16)12-10(14)18/h2-3,7-9,15,17H,4-5H2,1H3,(H,12,16,18)/t7-,8+,9-,11-/m1/s1. The second-order valence-electron chi connectivity index (χ2n) is 5.05. The Morgan fingerprint density at radius 1 is 1.55 bits per heavy atom. The molecule has 0 saturated carbocycles. The zero-order valence-electron chi connectivity index (χ0n) is 10.7. The third kappa shape index (κ3) is 1.83. The van der Waals surface area contributed by atoms with Crippen molar-refractivity contribution < 1.29 is 19.8 Å². The molecule has 3 rings (SSSR count). The van der Waals surface area contributed by atoms with E-state index >= 15 is 0 Å². The predicted octanol–water partition coefficient (Wildman–Crippen LogP) is -2.60. The van der Waals surface area contributed by atoms with Crippen molar-refractivity contribution in [2.75, 3.05) is 20.2 Å². The molecule has 2 aliphatic heterocycles. The molecule has 0 unspecified atom stereocenters. The molecule has 0 amide bonds. The lowest BCUT2D eigenvalue weighted by Gasteiger charge is -2.38. The number of H-pyrrole nitrogens is 1. The van der Waals surface area contributed by atoms with E-state index in [1.807, 2.05) is 0 Å². The van der Waals surface area contributed by atoms with Crippen LogP contribution in [0.25, 0.3) is 0 Å². The Morgan fingerprint density at radius 2 is 2.30 bits per heavy atom. The van der Waals surface area contributed by atoms with Crippen molar-refractivity contribution in [1.29, 1.82) is 0 Å². The van der Waals surface area contributed by atoms with E-state index in [9.17, 15) is 19.8 Å². The summed E-state index contributed by atoms with van der Waals surface area (Å²) in [6.45, 7) is -0.247. The smallest absolute Gasteiger partial charge is 0.330 e. The molecule has 1 aromatic heterocycles. The van der Waals surface area contributed by atoms with Crippen molar-refractivity contribution in [3.8, 4) is 0 Å². The van der Waals surface area contributed by atoms with Gasteiger partial charge in [0.05, 0.1) is 13.2 Å². The number of aromatic amines is 1. The molecule has 2 fully saturated rings. The van der Waals surface area contributed by atoms with Gasteiger partial charge in [-0.1, -0.05) is 0 Å². The lowest BCUT2D eigenvalue weighted by Crippen LogP contribution is -2.58. The minimum Gasteiger partial charge on any atom is -0.393 e. The van der Waals surface area contributed by atoms with Gasteiger partial charge in [0.25, 0.3) is 5.56 Å². The third-order valence-electron chi connectivity index (χ3n) is 3.67. The number of aliphatic hydroxyl groups excluding tert-OH is 2. The summed E-state index contributed by atoms with van der Waals surface area (Å²) in [6, 6.07) is 1.18. The van der Waals surface area contributed by atoms with Gasteiger partial charge in [0.1, 0.15) is 11.7 Å². The van der Waals surface area contributed by atoms with Crippen LogP contribution in [0.3, 0.4) is 0 Å². The predicted molar refractivity (Wildman–Crippen MR) is 64.8 cm³/mol. The van der Waals surface area contributed by atoms with Gasteiger partial charge in [-0.15, -0.1) is 0 Å². The zero-order valence-corrected chi connectivity index (χ0v) is 10.7. The lowest BCUT2D eigenvalue weighted by molar-refractivity contribution is -0.256. The van der Waals surface area contributed by atoms with Crippen molar-refractivity contribution in [3.05, 3.63) is 33.1 Å². The van der Waals surface area contributed by atoms with E-state index in [2.05, 4.69) is 4.98 Å². The molecule has 3 N–H and O–H groups in total. The van der Waals surface area contributed by atoms with Crippen molar-refractivity contribution in [1.82, 2.24) is 14.6 Å². The maximum absolute atomic E-state index is 11.8. The molecule has 20 heavy (non-hydrogen) atoms. The Hall–Kier alpha value is -1.52. The summed E-state index contributed by atoms with van der Waals surface area (Å²) in [6.07, 6.45) is -1.57. The molecule has 2 aliphatic rings. The quantitative estimate of drug-likeness (QED) is 0.545. The number of fused-ring (bicyclic) bond motifs is 2. The van der Waals surface area contributed by atoms with Gasteiger partial charge in [-0.3, -0.25) is 19.2 Å². The number of nitrogens with one attached hydrogen (secondary N) is 1. The van der Waals surface area contributed by atoms with E-state index < -0.39 is 41.9 Å². The van der Waals surface area contributed by atoms with E-state index in [4.69, 9.17) is 9.57 Å². The first-order valence-corrected chi connectivity index (χ1v) is 6.13. The SMILES string of the molecule is CN1C[C@]2(CO)O[C@@H](n3ccc(=O)[nH]c3=O)[C@H](O1)[C@@H]2O. The third-order valence-corrected chi connectivity index (χ3v) is 3.67. The molecule has 2 bridgehead atoms. The summed E-state index contributed by atoms with van der Waals surface area (Å²) in [4.78, 5) is 30.5. The number of hydroxylamine groups is 2. The molecule has 2 saturated heterocycles. The largest absolute Gasteiger partial charge is 0.393 e. The van der Waals surface area contributed by atoms with Crippen LogP contribution in [0.5, 0.6) is 0 Å². The molecule has 1 aromatic rings. The first-order chi connectivity index (χ1) is 9.47. The summed E-state index contributed by atoms with van der Waals surface area (Å²) < 4.78 is 6.82. The molecular formula is C11H15N3O6. The van der Waals surface area contributed by atoms with Crippen LogP contribution in [0, 0.1) is 0 Å². The second-order valence-corrected chi connectivity index (χ2v) is 5.05. The molecule has 0 aliphatic carbocycles. The van der Waals surface area contributed by atoms with Crippen LogP contribution >= 0.6 is 0 Å². The van der Waals surface area contributed by atoms with Crippen LogP contribution < -0.4 is 11.2 Å². The number of hydrogen-bond acceptors (Lipinski definition) is 7. The molecule has 9 nitrogen and oxygen atoms in total. The van der Waals surface area contributed by atoms with E-state index in [-0.39, 0.29) is 6.54 Å². The summed E-state index contributed by atoms with van der Waals surface area (Å²) in [5.41, 5.74) is -2.40. The number of rotatable bonds is 2. The van der Waals surface area contributed by atoms with Crippen LogP contribution in [0.15, 0.2) is 21.9 Å². The molecular weight excluding hydrogens is 270 g/mol. The fourth-order valence-corrected chi connectivity index (χ4v) is 2.72. The van der Waals surface area contributed by atoms with Gasteiger partial charge in [0.15, 0.2) is 12.3 Å². The number of likely N-dealkylation sites (N-methyl/N-ethyl adjacent to an activating group) is 1. The molecule has 0 radical (unpaired) electrons. The summed E-state index contributed by atoms with van der Waals surface area (Å²) in [5, 5.41) is 21.2. The highest BCUT2D eigenvalue weighted by molar-refractivity contribution is 5.05. The molecule has 4 atom stereocenters. The summed E-state index contributed by atoms with van der Waals surface area (Å²) >= 11 is 0. The highest BCUT2D eigenvalue weighted by atomic mass is 16.7. The minimum atomic E-state index is -1.21. The van der Waals surface area contributed by atoms with Gasteiger partial charge < -0.3 is 14.9 Å². The Morgan fingerprint density at radius 3 is 2.95 bits per heavy atom. The van der Waals surface area contributed by atoms with Gasteiger partial charge in [-0.25, -0.2) is 4.79 Å². The van der Waals surface area contributed by atoms with Crippen molar-refractivity contribution in [3.63, 3.8) is 0 Å². The molecule has 110 valence electrons. The second kappa shape index (κ2) is 4.50. The first-order valence-electron chi connectivity index (χ1n) is 6.13. The Bertz CT molecular complexity index is 627. The number of hydrogen-bond donors (Lipinski definition) is 3. The number of ether oxygens (including phenoxy) is 1. The summed E-state index contributed by atoms with van der Waals surface area (Å²) in [5.74, 6) is 0. The van der Waals surface area contributed by atoms with Crippen molar-refractivity contribution >= 4 is 0 Å². The molecule has 9 heteroatoms. The minimum absolute atomic E-state index is 0.162. The maximum atomic E-state index is 11.8. The average Bonchev–Trinajstić information content (AvgIpc) is 2.57. The lowest BCUT2D eigenvalue weighted by atomic mass is 9.94. The van der Waals surface area contributed by atoms with E-state index in [0.717, 1.165) is 4.57 Å². The Kier molecular flexibility index (Phi) is 3.03. The zero-order chi connectivity index (χ0) is 14.5. The number of nitrogens with zero attached hydrogens (tertiary/aromatic N) is 2. The van der Waals surface area contributed by atoms with Crippen LogP contribution in [-0.4, -0.2) is 62.8 Å². The van der Waals surface area contributed by atoms with Crippen molar-refractivity contribution in [2.45, 2.75) is 24.0 Å². The van der Waals surface area contributed by atoms with Crippen LogP contribution in [0.2, 0.25) is 0 Å². The van der Waals surface area contributed by atoms with Crippen molar-refractivity contribution in [2.24, 2.45) is 0 Å². The topological polar surface area (TPSA) is 117 Å². The highest BCUT2D eigenvalue weighted by Crippen LogP contribution is 2.42. The van der Waals surface area contributed by atoms with Crippen LogP contribution in [0.1, 0.15) is 6.23 Å². The van der Waals surface area contributed by atoms with E-state index in [1.54, 1.807) is 7.05 Å². The van der Waals surface area contributed by atoms with E-state index in [0.29, 0.717) is 0 Å². The number of aliphatic hydroxyl groups is 2. The molecule has 0 spiro atoms. The first kappa shape index (κ1) is 13.5.